The molecule has 3 amide bonds. The van der Waals surface area contributed by atoms with E-state index in [1.807, 2.05) is 24.3 Å². The van der Waals surface area contributed by atoms with Crippen LogP contribution in [0.1, 0.15) is 16.7 Å². The van der Waals surface area contributed by atoms with Crippen molar-refractivity contribution in [1.29, 1.82) is 0 Å². The number of benzene rings is 3. The molecule has 36 heavy (non-hydrogen) atoms. The van der Waals surface area contributed by atoms with Crippen LogP contribution in [-0.4, -0.2) is 34.9 Å². The van der Waals surface area contributed by atoms with E-state index in [0.717, 1.165) is 11.1 Å². The second kappa shape index (κ2) is 12.7. The quantitative estimate of drug-likeness (QED) is 0.277. The Morgan fingerprint density at radius 2 is 1.39 bits per heavy atom. The molecule has 0 saturated heterocycles. The maximum Gasteiger partial charge on any atom is 0.408 e. The summed E-state index contributed by atoms with van der Waals surface area (Å²) in [5.74, 6) is -1.55. The number of hydrogen-bond donors (Lipinski definition) is 3. The third kappa shape index (κ3) is 7.66. The third-order valence-electron chi connectivity index (χ3n) is 5.38. The van der Waals surface area contributed by atoms with Gasteiger partial charge in [0, 0.05) is 24.5 Å². The fourth-order valence-corrected chi connectivity index (χ4v) is 3.54. The van der Waals surface area contributed by atoms with Crippen molar-refractivity contribution in [2.24, 2.45) is 5.73 Å². The maximum atomic E-state index is 13.2. The lowest BCUT2D eigenvalue weighted by atomic mass is 10.0. The van der Waals surface area contributed by atoms with Crippen LogP contribution in [0.25, 0.3) is 0 Å². The Hall–Kier alpha value is -4.73. The number of nitrogens with two attached hydrogens (primary N) is 1. The molecule has 186 valence electrons. The standard InChI is InChI=1S/C26H26N4O6/c27-24(31)21(16-20-13-7-8-14-23(20)30(34)35)28-25(32)22(15-18-9-3-1-4-10-18)29-26(33)36-17-19-11-5-2-6-12-19/h1-14,21-22H,15-17H2,(H2,27,31)(H,28,32)(H,29,33)/t21-,22-/m0/s1. The monoisotopic (exact) mass is 490 g/mol. The molecule has 0 aliphatic heterocycles. The average Bonchev–Trinajstić information content (AvgIpc) is 2.88. The molecule has 0 radical (unpaired) electrons. The van der Waals surface area contributed by atoms with Crippen molar-refractivity contribution < 1.29 is 24.0 Å². The van der Waals surface area contributed by atoms with E-state index < -0.39 is 34.9 Å². The van der Waals surface area contributed by atoms with Crippen molar-refractivity contribution in [2.45, 2.75) is 31.5 Å². The number of nitro groups is 1. The first kappa shape index (κ1) is 25.9. The Bertz CT molecular complexity index is 1200. The predicted molar refractivity (Wildman–Crippen MR) is 132 cm³/mol. The second-order valence-electron chi connectivity index (χ2n) is 8.00. The van der Waals surface area contributed by atoms with Gasteiger partial charge in [-0.15, -0.1) is 0 Å². The topological polar surface area (TPSA) is 154 Å². The van der Waals surface area contributed by atoms with Gasteiger partial charge < -0.3 is 21.1 Å². The van der Waals surface area contributed by atoms with Crippen LogP contribution < -0.4 is 16.4 Å². The molecule has 3 aromatic rings. The van der Waals surface area contributed by atoms with E-state index in [2.05, 4.69) is 10.6 Å². The average molecular weight is 491 g/mol. The SMILES string of the molecule is NC(=O)[C@H](Cc1ccccc1[N+](=O)[O-])NC(=O)[C@H](Cc1ccccc1)NC(=O)OCc1ccccc1. The molecule has 0 spiro atoms. The second-order valence-corrected chi connectivity index (χ2v) is 8.00. The Kier molecular flexibility index (Phi) is 9.10. The van der Waals surface area contributed by atoms with Crippen LogP contribution in [0.3, 0.4) is 0 Å². The molecule has 3 aromatic carbocycles. The minimum atomic E-state index is -1.24. The molecule has 10 heteroatoms. The van der Waals surface area contributed by atoms with Crippen LogP contribution in [0.5, 0.6) is 0 Å². The molecular formula is C26H26N4O6. The van der Waals surface area contributed by atoms with Gasteiger partial charge in [0.05, 0.1) is 4.92 Å². The summed E-state index contributed by atoms with van der Waals surface area (Å²) >= 11 is 0. The van der Waals surface area contributed by atoms with Crippen molar-refractivity contribution in [1.82, 2.24) is 10.6 Å². The number of carbonyl (C=O) groups is 3. The molecule has 10 nitrogen and oxygen atoms in total. The Balaban J connectivity index is 1.73. The molecule has 0 aliphatic carbocycles. The maximum absolute atomic E-state index is 13.2. The molecule has 0 aromatic heterocycles. The van der Waals surface area contributed by atoms with Crippen LogP contribution in [-0.2, 0) is 33.8 Å². The highest BCUT2D eigenvalue weighted by Gasteiger charge is 2.28. The van der Waals surface area contributed by atoms with Gasteiger partial charge in [-0.2, -0.15) is 0 Å². The molecule has 0 heterocycles. The van der Waals surface area contributed by atoms with Gasteiger partial charge in [-0.25, -0.2) is 4.79 Å². The van der Waals surface area contributed by atoms with E-state index >= 15 is 0 Å². The van der Waals surface area contributed by atoms with Crippen LogP contribution in [0.2, 0.25) is 0 Å². The highest BCUT2D eigenvalue weighted by Crippen LogP contribution is 2.19. The smallest absolute Gasteiger partial charge is 0.408 e. The zero-order valence-corrected chi connectivity index (χ0v) is 19.3. The zero-order chi connectivity index (χ0) is 25.9. The van der Waals surface area contributed by atoms with Gasteiger partial charge in [-0.1, -0.05) is 78.9 Å². The number of hydrogen-bond acceptors (Lipinski definition) is 6. The molecule has 3 rings (SSSR count). The van der Waals surface area contributed by atoms with Crippen LogP contribution in [0, 0.1) is 10.1 Å². The van der Waals surface area contributed by atoms with Gasteiger partial charge in [0.25, 0.3) is 5.69 Å². The van der Waals surface area contributed by atoms with Crippen LogP contribution >= 0.6 is 0 Å². The van der Waals surface area contributed by atoms with E-state index in [9.17, 15) is 24.5 Å². The van der Waals surface area contributed by atoms with Gasteiger partial charge >= 0.3 is 6.09 Å². The number of carbonyl (C=O) groups excluding carboxylic acids is 3. The van der Waals surface area contributed by atoms with Gasteiger partial charge in [0.2, 0.25) is 11.8 Å². The highest BCUT2D eigenvalue weighted by atomic mass is 16.6. The lowest BCUT2D eigenvalue weighted by Crippen LogP contribution is -2.54. The van der Waals surface area contributed by atoms with E-state index in [0.29, 0.717) is 0 Å². The molecule has 0 aliphatic rings. The largest absolute Gasteiger partial charge is 0.445 e. The number of rotatable bonds is 11. The molecule has 4 N–H and O–H groups in total. The molecule has 2 atom stereocenters. The molecule has 0 bridgehead atoms. The van der Waals surface area contributed by atoms with Crippen molar-refractivity contribution >= 4 is 23.6 Å². The van der Waals surface area contributed by atoms with Gasteiger partial charge in [0.1, 0.15) is 18.7 Å². The predicted octanol–water partition coefficient (Wildman–Crippen LogP) is 2.65. The van der Waals surface area contributed by atoms with Crippen LogP contribution in [0.15, 0.2) is 84.9 Å². The van der Waals surface area contributed by atoms with Crippen molar-refractivity contribution in [3.8, 4) is 0 Å². The van der Waals surface area contributed by atoms with Gasteiger partial charge in [-0.05, 0) is 11.1 Å². The van der Waals surface area contributed by atoms with Crippen LogP contribution in [0.4, 0.5) is 10.5 Å². The first-order valence-corrected chi connectivity index (χ1v) is 11.2. The number of nitrogens with one attached hydrogen (secondary N) is 2. The van der Waals surface area contributed by atoms with E-state index in [-0.39, 0.29) is 30.7 Å². The summed E-state index contributed by atoms with van der Waals surface area (Å²) in [6.45, 7) is 0.00787. The van der Waals surface area contributed by atoms with E-state index in [1.54, 1.807) is 42.5 Å². The number of nitrogens with zero attached hydrogens (tertiary/aromatic N) is 1. The fourth-order valence-electron chi connectivity index (χ4n) is 3.54. The Labute approximate surface area is 207 Å². The van der Waals surface area contributed by atoms with Crippen molar-refractivity contribution in [3.63, 3.8) is 0 Å². The number of para-hydroxylation sites is 1. The lowest BCUT2D eigenvalue weighted by molar-refractivity contribution is -0.385. The molecule has 0 unspecified atom stereocenters. The minimum absolute atomic E-state index is 0.00787. The lowest BCUT2D eigenvalue weighted by Gasteiger charge is -2.22. The molecule has 0 saturated carbocycles. The summed E-state index contributed by atoms with van der Waals surface area (Å²) in [6, 6.07) is 21.6. The minimum Gasteiger partial charge on any atom is -0.445 e. The summed E-state index contributed by atoms with van der Waals surface area (Å²) in [6.07, 6.45) is -0.886. The first-order valence-electron chi connectivity index (χ1n) is 11.2. The molecule has 0 fully saturated rings. The normalized spacial score (nSPS) is 12.1. The fraction of sp³-hybridized carbons (Fsp3) is 0.192. The van der Waals surface area contributed by atoms with Gasteiger partial charge in [-0.3, -0.25) is 19.7 Å². The summed E-state index contributed by atoms with van der Waals surface area (Å²) in [5.41, 5.74) is 7.07. The Morgan fingerprint density at radius 3 is 2.00 bits per heavy atom. The number of alkyl carbamates (subject to hydrolysis) is 1. The highest BCUT2D eigenvalue weighted by molar-refractivity contribution is 5.91. The summed E-state index contributed by atoms with van der Waals surface area (Å²) in [5, 5.41) is 16.4. The van der Waals surface area contributed by atoms with E-state index in [1.165, 1.54) is 18.2 Å². The zero-order valence-electron chi connectivity index (χ0n) is 19.3. The summed E-state index contributed by atoms with van der Waals surface area (Å²) in [4.78, 5) is 48.5. The summed E-state index contributed by atoms with van der Waals surface area (Å²) < 4.78 is 5.24. The van der Waals surface area contributed by atoms with Crippen molar-refractivity contribution in [3.05, 3.63) is 112 Å². The molecular weight excluding hydrogens is 464 g/mol. The van der Waals surface area contributed by atoms with Gasteiger partial charge in [0.15, 0.2) is 0 Å². The Morgan fingerprint density at radius 1 is 0.806 bits per heavy atom. The third-order valence-corrected chi connectivity index (χ3v) is 5.38. The van der Waals surface area contributed by atoms with Crippen molar-refractivity contribution in [2.75, 3.05) is 0 Å². The number of nitro benzene ring substituents is 1. The van der Waals surface area contributed by atoms with E-state index in [4.69, 9.17) is 10.5 Å². The summed E-state index contributed by atoms with van der Waals surface area (Å²) in [7, 11) is 0. The number of primary amides is 1. The number of amides is 3. The first-order chi connectivity index (χ1) is 17.3. The number of ether oxygens (including phenoxy) is 1.